The molecule has 0 amide bonds. The highest BCUT2D eigenvalue weighted by Crippen LogP contribution is 2.23. The molecule has 1 unspecified atom stereocenters. The molecule has 1 atom stereocenters. The summed E-state index contributed by atoms with van der Waals surface area (Å²) in [5.74, 6) is 0. The molecular weight excluding hydrogens is 289 g/mol. The fraction of sp³-hybridized carbons (Fsp3) is 0.294. The van der Waals surface area contributed by atoms with Crippen molar-refractivity contribution < 1.29 is 0 Å². The Morgan fingerprint density at radius 1 is 1.05 bits per heavy atom. The van der Waals surface area contributed by atoms with Crippen molar-refractivity contribution in [3.8, 4) is 0 Å². The Labute approximate surface area is 130 Å². The molecule has 0 aliphatic carbocycles. The van der Waals surface area contributed by atoms with Crippen molar-refractivity contribution >= 4 is 23.2 Å². The Morgan fingerprint density at radius 3 is 2.55 bits per heavy atom. The van der Waals surface area contributed by atoms with Crippen LogP contribution in [0.15, 0.2) is 36.4 Å². The van der Waals surface area contributed by atoms with Crippen LogP contribution in [-0.4, -0.2) is 0 Å². The van der Waals surface area contributed by atoms with Crippen molar-refractivity contribution in [2.24, 2.45) is 0 Å². The van der Waals surface area contributed by atoms with E-state index in [0.717, 1.165) is 10.6 Å². The lowest BCUT2D eigenvalue weighted by Crippen LogP contribution is -2.19. The minimum absolute atomic E-state index is 0.268. The number of benzene rings is 2. The van der Waals surface area contributed by atoms with Crippen molar-refractivity contribution in [1.29, 1.82) is 0 Å². The molecule has 20 heavy (non-hydrogen) atoms. The third kappa shape index (κ3) is 3.76. The highest BCUT2D eigenvalue weighted by molar-refractivity contribution is 6.33. The molecule has 2 aromatic carbocycles. The minimum atomic E-state index is 0.268. The summed E-state index contributed by atoms with van der Waals surface area (Å²) in [6.07, 6.45) is 0. The molecule has 3 heteroatoms. The van der Waals surface area contributed by atoms with Crippen LogP contribution in [0.1, 0.15) is 35.2 Å². The number of nitrogens with one attached hydrogen (secondary N) is 1. The van der Waals surface area contributed by atoms with E-state index in [0.29, 0.717) is 11.6 Å². The molecule has 0 saturated heterocycles. The Hall–Kier alpha value is -1.02. The Morgan fingerprint density at radius 2 is 1.80 bits per heavy atom. The smallest absolute Gasteiger partial charge is 0.0451 e. The molecule has 0 aromatic heterocycles. The summed E-state index contributed by atoms with van der Waals surface area (Å²) in [5, 5.41) is 4.97. The zero-order valence-corrected chi connectivity index (χ0v) is 13.5. The number of aryl methyl sites for hydroxylation is 2. The van der Waals surface area contributed by atoms with E-state index in [1.807, 2.05) is 18.2 Å². The molecule has 0 bridgehead atoms. The summed E-state index contributed by atoms with van der Waals surface area (Å²) in [6.45, 7) is 7.12. The van der Waals surface area contributed by atoms with Gasteiger partial charge in [0.25, 0.3) is 0 Å². The Balaban J connectivity index is 2.10. The maximum atomic E-state index is 6.18. The third-order valence-corrected chi connectivity index (χ3v) is 4.11. The van der Waals surface area contributed by atoms with Gasteiger partial charge in [0.15, 0.2) is 0 Å². The number of rotatable bonds is 4. The van der Waals surface area contributed by atoms with E-state index in [-0.39, 0.29) is 6.04 Å². The van der Waals surface area contributed by atoms with Crippen LogP contribution < -0.4 is 5.32 Å². The van der Waals surface area contributed by atoms with Gasteiger partial charge < -0.3 is 5.32 Å². The fourth-order valence-corrected chi connectivity index (χ4v) is 2.66. The van der Waals surface area contributed by atoms with Crippen molar-refractivity contribution in [3.63, 3.8) is 0 Å². The Kier molecular flexibility index (Phi) is 5.09. The van der Waals surface area contributed by atoms with Crippen LogP contribution >= 0.6 is 23.2 Å². The lowest BCUT2D eigenvalue weighted by Gasteiger charge is -2.18. The molecule has 0 aliphatic heterocycles. The van der Waals surface area contributed by atoms with Gasteiger partial charge in [-0.25, -0.2) is 0 Å². The van der Waals surface area contributed by atoms with Crippen LogP contribution in [0, 0.1) is 13.8 Å². The van der Waals surface area contributed by atoms with Crippen LogP contribution in [0.4, 0.5) is 0 Å². The van der Waals surface area contributed by atoms with Gasteiger partial charge in [0, 0.05) is 22.6 Å². The van der Waals surface area contributed by atoms with Gasteiger partial charge >= 0.3 is 0 Å². The number of hydrogen-bond acceptors (Lipinski definition) is 1. The third-order valence-electron chi connectivity index (χ3n) is 3.51. The maximum absolute atomic E-state index is 6.18. The van der Waals surface area contributed by atoms with Crippen molar-refractivity contribution in [2.75, 3.05) is 0 Å². The fourth-order valence-electron chi connectivity index (χ4n) is 2.28. The molecule has 2 rings (SSSR count). The second-order valence-corrected chi connectivity index (χ2v) is 6.04. The summed E-state index contributed by atoms with van der Waals surface area (Å²) in [4.78, 5) is 0. The number of hydrogen-bond donors (Lipinski definition) is 1. The van der Waals surface area contributed by atoms with Crippen molar-refractivity contribution in [3.05, 3.63) is 68.7 Å². The van der Waals surface area contributed by atoms with Gasteiger partial charge in [0.2, 0.25) is 0 Å². The minimum Gasteiger partial charge on any atom is -0.306 e. The molecule has 0 fully saturated rings. The molecule has 0 spiro atoms. The van der Waals surface area contributed by atoms with E-state index in [4.69, 9.17) is 23.2 Å². The predicted octanol–water partition coefficient (Wildman–Crippen LogP) is 5.46. The first-order chi connectivity index (χ1) is 9.47. The summed E-state index contributed by atoms with van der Waals surface area (Å²) in [7, 11) is 0. The summed E-state index contributed by atoms with van der Waals surface area (Å²) in [6, 6.07) is 12.4. The first kappa shape index (κ1) is 15.4. The van der Waals surface area contributed by atoms with Crippen LogP contribution in [0.2, 0.25) is 10.0 Å². The molecule has 0 heterocycles. The highest BCUT2D eigenvalue weighted by atomic mass is 35.5. The molecule has 0 radical (unpaired) electrons. The molecule has 106 valence electrons. The molecule has 2 aromatic rings. The monoisotopic (exact) mass is 307 g/mol. The van der Waals surface area contributed by atoms with Crippen LogP contribution in [0.5, 0.6) is 0 Å². The van der Waals surface area contributed by atoms with Crippen molar-refractivity contribution in [2.45, 2.75) is 33.4 Å². The summed E-state index contributed by atoms with van der Waals surface area (Å²) in [5.41, 5.74) is 4.92. The van der Waals surface area contributed by atoms with Gasteiger partial charge in [-0.05, 0) is 55.7 Å². The van der Waals surface area contributed by atoms with Crippen LogP contribution in [0.3, 0.4) is 0 Å². The molecule has 0 aliphatic rings. The maximum Gasteiger partial charge on any atom is 0.0451 e. The number of halogens is 2. The second kappa shape index (κ2) is 6.62. The highest BCUT2D eigenvalue weighted by Gasteiger charge is 2.09. The zero-order chi connectivity index (χ0) is 14.7. The van der Waals surface area contributed by atoms with E-state index in [2.05, 4.69) is 44.3 Å². The standard InChI is InChI=1S/C17H19Cl2N/c1-11-4-5-12(2)16(8-11)13(3)20-10-14-9-15(18)6-7-17(14)19/h4-9,13,20H,10H2,1-3H3. The first-order valence-corrected chi connectivity index (χ1v) is 7.47. The van der Waals surface area contributed by atoms with E-state index in [1.54, 1.807) is 0 Å². The van der Waals surface area contributed by atoms with Gasteiger partial charge in [-0.3, -0.25) is 0 Å². The largest absolute Gasteiger partial charge is 0.306 e. The van der Waals surface area contributed by atoms with Crippen LogP contribution in [-0.2, 0) is 6.54 Å². The average molecular weight is 308 g/mol. The van der Waals surface area contributed by atoms with Gasteiger partial charge in [0.05, 0.1) is 0 Å². The second-order valence-electron chi connectivity index (χ2n) is 5.20. The normalized spacial score (nSPS) is 12.4. The van der Waals surface area contributed by atoms with Gasteiger partial charge in [-0.2, -0.15) is 0 Å². The first-order valence-electron chi connectivity index (χ1n) is 6.72. The van der Waals surface area contributed by atoms with E-state index in [1.165, 1.54) is 16.7 Å². The SMILES string of the molecule is Cc1ccc(C)c(C(C)NCc2cc(Cl)ccc2Cl)c1. The van der Waals surface area contributed by atoms with Gasteiger partial charge in [-0.1, -0.05) is 47.0 Å². The van der Waals surface area contributed by atoms with E-state index >= 15 is 0 Å². The average Bonchev–Trinajstić information content (AvgIpc) is 2.42. The predicted molar refractivity (Wildman–Crippen MR) is 87.6 cm³/mol. The van der Waals surface area contributed by atoms with Gasteiger partial charge in [0.1, 0.15) is 0 Å². The molecular formula is C17H19Cl2N. The molecule has 1 nitrogen and oxygen atoms in total. The summed E-state index contributed by atoms with van der Waals surface area (Å²) < 4.78 is 0. The summed E-state index contributed by atoms with van der Waals surface area (Å²) >= 11 is 12.2. The Bertz CT molecular complexity index is 608. The quantitative estimate of drug-likeness (QED) is 0.790. The van der Waals surface area contributed by atoms with Gasteiger partial charge in [-0.15, -0.1) is 0 Å². The van der Waals surface area contributed by atoms with Crippen molar-refractivity contribution in [1.82, 2.24) is 5.32 Å². The molecule has 1 N–H and O–H groups in total. The molecule has 0 saturated carbocycles. The lowest BCUT2D eigenvalue weighted by molar-refractivity contribution is 0.572. The topological polar surface area (TPSA) is 12.0 Å². The van der Waals surface area contributed by atoms with E-state index in [9.17, 15) is 0 Å². The lowest BCUT2D eigenvalue weighted by atomic mass is 10.00. The van der Waals surface area contributed by atoms with E-state index < -0.39 is 0 Å². The zero-order valence-electron chi connectivity index (χ0n) is 12.0. The van der Waals surface area contributed by atoms with Crippen LogP contribution in [0.25, 0.3) is 0 Å².